The van der Waals surface area contributed by atoms with Gasteiger partial charge in [-0.3, -0.25) is 0 Å². The Labute approximate surface area is 305 Å². The van der Waals surface area contributed by atoms with Crippen molar-refractivity contribution >= 4 is 23.3 Å². The molecule has 54 heavy (non-hydrogen) atoms. The average molecular weight is 772 g/mol. The van der Waals surface area contributed by atoms with Crippen molar-refractivity contribution in [2.24, 2.45) is 11.8 Å². The van der Waals surface area contributed by atoms with Gasteiger partial charge >= 0.3 is 24.5 Å². The molecule has 0 spiro atoms. The molecule has 1 N–H and O–H groups in total. The molecule has 0 unspecified atom stereocenters. The van der Waals surface area contributed by atoms with Crippen molar-refractivity contribution in [3.05, 3.63) is 76.6 Å². The highest BCUT2D eigenvalue weighted by Gasteiger charge is 2.37. The predicted molar refractivity (Wildman–Crippen MR) is 182 cm³/mol. The van der Waals surface area contributed by atoms with Crippen molar-refractivity contribution in [3.8, 4) is 11.8 Å². The van der Waals surface area contributed by atoms with Crippen LogP contribution in [0.2, 0.25) is 0 Å². The first kappa shape index (κ1) is 40.5. The molecule has 0 atom stereocenters. The number of morpholine rings is 1. The van der Waals surface area contributed by atoms with Gasteiger partial charge in [-0.25, -0.2) is 14.8 Å². The van der Waals surface area contributed by atoms with E-state index in [-0.39, 0.29) is 29.4 Å². The third kappa shape index (κ3) is 10.7. The molecule has 8 nitrogen and oxygen atoms in total. The molecule has 1 aliphatic heterocycles. The van der Waals surface area contributed by atoms with Crippen LogP contribution < -0.4 is 14.7 Å². The van der Waals surface area contributed by atoms with E-state index in [9.17, 15) is 44.3 Å². The van der Waals surface area contributed by atoms with Crippen LogP contribution in [0.4, 0.5) is 56.8 Å². The molecule has 2 aliphatic rings. The monoisotopic (exact) mass is 771 g/mol. The van der Waals surface area contributed by atoms with E-state index >= 15 is 0 Å². The number of aliphatic carboxylic acids is 1. The molecule has 2 fully saturated rings. The Kier molecular flexibility index (Phi) is 12.5. The molecule has 0 bridgehead atoms. The Morgan fingerprint density at radius 3 is 1.96 bits per heavy atom. The molecular formula is C37H38F9N5O3. The van der Waals surface area contributed by atoms with Crippen LogP contribution in [0.5, 0.6) is 0 Å². The molecule has 1 saturated carbocycles. The van der Waals surface area contributed by atoms with Gasteiger partial charge in [-0.15, -0.1) is 0 Å². The average Bonchev–Trinajstić information content (AvgIpc) is 3.12. The fourth-order valence-corrected chi connectivity index (χ4v) is 6.76. The number of hydrogen-bond donors (Lipinski definition) is 1. The Hall–Kier alpha value is -4.72. The van der Waals surface area contributed by atoms with Gasteiger partial charge in [-0.1, -0.05) is 5.92 Å². The number of carboxylic acid groups (broad SMARTS) is 1. The number of ether oxygens (including phenoxy) is 1. The molecule has 1 aromatic heterocycles. The zero-order chi connectivity index (χ0) is 39.3. The van der Waals surface area contributed by atoms with E-state index in [1.165, 1.54) is 23.4 Å². The standard InChI is InChI=1S/C37H38F9N5O3/c1-2-49(21-25-5-3-24(4-6-25)7-10-33(52)53)32-9-8-28(35(38,39)40)17-27(32)23-51(34-47-19-31(20-48-34)50-11-13-54-14-12-50)22-26-15-29(36(41,42)43)18-30(16-26)37(44,45)46/h8-9,15-20,24-25H,2-6,11-14,21-23H2,1H3,(H,52,53). The molecule has 2 heterocycles. The summed E-state index contributed by atoms with van der Waals surface area (Å²) in [6.45, 7) is 3.54. The summed E-state index contributed by atoms with van der Waals surface area (Å²) < 4.78 is 131. The lowest BCUT2D eigenvalue weighted by Crippen LogP contribution is -2.36. The van der Waals surface area contributed by atoms with Crippen LogP contribution in [-0.4, -0.2) is 60.4 Å². The van der Waals surface area contributed by atoms with E-state index in [0.717, 1.165) is 12.1 Å². The second-order valence-electron chi connectivity index (χ2n) is 13.3. The number of benzene rings is 2. The third-order valence-electron chi connectivity index (χ3n) is 9.50. The lowest BCUT2D eigenvalue weighted by Gasteiger charge is -2.34. The second-order valence-corrected chi connectivity index (χ2v) is 13.3. The van der Waals surface area contributed by atoms with E-state index < -0.39 is 59.8 Å². The number of carbonyl (C=O) groups is 1. The molecule has 0 radical (unpaired) electrons. The van der Waals surface area contributed by atoms with Gasteiger partial charge in [0.25, 0.3) is 0 Å². The first-order valence-corrected chi connectivity index (χ1v) is 17.3. The summed E-state index contributed by atoms with van der Waals surface area (Å²) in [5.74, 6) is 3.57. The zero-order valence-corrected chi connectivity index (χ0v) is 29.2. The fourth-order valence-electron chi connectivity index (χ4n) is 6.76. The van der Waals surface area contributed by atoms with Gasteiger partial charge in [-0.2, -0.15) is 39.5 Å². The molecule has 1 aliphatic carbocycles. The molecule has 5 rings (SSSR count). The Morgan fingerprint density at radius 2 is 1.43 bits per heavy atom. The van der Waals surface area contributed by atoms with Gasteiger partial charge in [0.05, 0.1) is 48.0 Å². The Balaban J connectivity index is 1.53. The minimum atomic E-state index is -5.12. The van der Waals surface area contributed by atoms with Crippen molar-refractivity contribution < 1.29 is 54.2 Å². The fraction of sp³-hybridized carbons (Fsp3) is 0.486. The third-order valence-corrected chi connectivity index (χ3v) is 9.50. The number of anilines is 3. The van der Waals surface area contributed by atoms with Crippen LogP contribution in [0.3, 0.4) is 0 Å². The number of hydrogen-bond acceptors (Lipinski definition) is 7. The number of aromatic nitrogens is 2. The van der Waals surface area contributed by atoms with Crippen LogP contribution in [0.1, 0.15) is 60.4 Å². The first-order valence-electron chi connectivity index (χ1n) is 17.3. The lowest BCUT2D eigenvalue weighted by molar-refractivity contribution is -0.143. The predicted octanol–water partition coefficient (Wildman–Crippen LogP) is 8.30. The summed E-state index contributed by atoms with van der Waals surface area (Å²) in [6.07, 6.45) is -9.44. The van der Waals surface area contributed by atoms with Crippen molar-refractivity contribution in [3.63, 3.8) is 0 Å². The summed E-state index contributed by atoms with van der Waals surface area (Å²) >= 11 is 0. The Bertz CT molecular complexity index is 1770. The normalized spacial score (nSPS) is 18.1. The molecule has 2 aromatic carbocycles. The lowest BCUT2D eigenvalue weighted by atomic mass is 9.82. The molecule has 17 heteroatoms. The van der Waals surface area contributed by atoms with Crippen molar-refractivity contribution in [2.75, 3.05) is 54.1 Å². The molecule has 3 aromatic rings. The van der Waals surface area contributed by atoms with Gasteiger partial charge in [0.1, 0.15) is 0 Å². The van der Waals surface area contributed by atoms with Crippen LogP contribution in [0, 0.1) is 23.7 Å². The van der Waals surface area contributed by atoms with Gasteiger partial charge in [0.15, 0.2) is 0 Å². The quantitative estimate of drug-likeness (QED) is 0.163. The smallest absolute Gasteiger partial charge is 0.416 e. The summed E-state index contributed by atoms with van der Waals surface area (Å²) in [5, 5.41) is 8.88. The van der Waals surface area contributed by atoms with E-state index in [4.69, 9.17) is 9.84 Å². The summed E-state index contributed by atoms with van der Waals surface area (Å²) in [5.41, 5.74) is -3.36. The zero-order valence-electron chi connectivity index (χ0n) is 29.2. The van der Waals surface area contributed by atoms with Crippen molar-refractivity contribution in [1.82, 2.24) is 9.97 Å². The molecular weight excluding hydrogens is 733 g/mol. The highest BCUT2D eigenvalue weighted by molar-refractivity contribution is 5.86. The maximum absolute atomic E-state index is 14.1. The second kappa shape index (κ2) is 16.7. The minimum Gasteiger partial charge on any atom is -0.472 e. The maximum Gasteiger partial charge on any atom is 0.416 e. The number of nitrogens with zero attached hydrogens (tertiary/aromatic N) is 5. The molecule has 0 amide bonds. The van der Waals surface area contributed by atoms with Crippen LogP contribution >= 0.6 is 0 Å². The minimum absolute atomic E-state index is 0.0116. The van der Waals surface area contributed by atoms with E-state index in [1.54, 1.807) is 0 Å². The number of halogens is 9. The van der Waals surface area contributed by atoms with Gasteiger partial charge < -0.3 is 24.5 Å². The van der Waals surface area contributed by atoms with Crippen LogP contribution in [0.25, 0.3) is 0 Å². The first-order chi connectivity index (χ1) is 25.4. The SMILES string of the molecule is CCN(CC1CCC(C#CC(=O)O)CC1)c1ccc(C(F)(F)F)cc1CN(Cc1cc(C(F)(F)F)cc(C(F)(F)F)c1)c1ncc(N2CCOCC2)cn1. The van der Waals surface area contributed by atoms with Crippen molar-refractivity contribution in [1.29, 1.82) is 0 Å². The van der Waals surface area contributed by atoms with Gasteiger partial charge in [0, 0.05) is 56.8 Å². The topological polar surface area (TPSA) is 82.0 Å². The number of alkyl halides is 9. The Morgan fingerprint density at radius 1 is 0.833 bits per heavy atom. The molecule has 292 valence electrons. The van der Waals surface area contributed by atoms with Gasteiger partial charge in [0.2, 0.25) is 5.95 Å². The van der Waals surface area contributed by atoms with Crippen LogP contribution in [-0.2, 0) is 41.1 Å². The van der Waals surface area contributed by atoms with E-state index in [2.05, 4.69) is 21.8 Å². The maximum atomic E-state index is 14.1. The number of rotatable bonds is 10. The highest BCUT2D eigenvalue weighted by atomic mass is 19.4. The van der Waals surface area contributed by atoms with Gasteiger partial charge in [-0.05, 0) is 86.1 Å². The van der Waals surface area contributed by atoms with E-state index in [0.29, 0.717) is 88.6 Å². The largest absolute Gasteiger partial charge is 0.472 e. The summed E-state index contributed by atoms with van der Waals surface area (Å²) in [6, 6.07) is 4.34. The summed E-state index contributed by atoms with van der Waals surface area (Å²) in [4.78, 5) is 24.7. The summed E-state index contributed by atoms with van der Waals surface area (Å²) in [7, 11) is 0. The molecule has 1 saturated heterocycles. The highest BCUT2D eigenvalue weighted by Crippen LogP contribution is 2.39. The number of carboxylic acids is 1. The van der Waals surface area contributed by atoms with E-state index in [1.807, 2.05) is 16.7 Å². The van der Waals surface area contributed by atoms with Crippen molar-refractivity contribution in [2.45, 2.75) is 64.2 Å². The van der Waals surface area contributed by atoms with Crippen LogP contribution in [0.15, 0.2) is 48.8 Å².